The molecule has 0 bridgehead atoms. The minimum absolute atomic E-state index is 0.204. The Morgan fingerprint density at radius 3 is 2.95 bits per heavy atom. The van der Waals surface area contributed by atoms with Gasteiger partial charge in [-0.05, 0) is 31.2 Å². The van der Waals surface area contributed by atoms with Crippen LogP contribution in [0.2, 0.25) is 0 Å². The number of esters is 1. The normalized spacial score (nSPS) is 10.9. The summed E-state index contributed by atoms with van der Waals surface area (Å²) in [5, 5.41) is 0.365. The number of nitrogens with two attached hydrogens (primary N) is 1. The van der Waals surface area contributed by atoms with E-state index in [-0.39, 0.29) is 23.4 Å². The Bertz CT molecular complexity index is 915. The molecule has 0 aliphatic heterocycles. The second kappa shape index (κ2) is 4.90. The second-order valence-corrected chi connectivity index (χ2v) is 4.52. The van der Waals surface area contributed by atoms with Crippen LogP contribution in [0.15, 0.2) is 41.3 Å². The highest BCUT2D eigenvalue weighted by Crippen LogP contribution is 2.20. The fraction of sp³-hybridized carbons (Fsp3) is 0.133. The van der Waals surface area contributed by atoms with Gasteiger partial charge in [0.25, 0.3) is 5.56 Å². The number of nitrogens with zero attached hydrogens (tertiary/aromatic N) is 2. The van der Waals surface area contributed by atoms with E-state index in [0.29, 0.717) is 16.6 Å². The molecule has 6 heteroatoms. The molecule has 21 heavy (non-hydrogen) atoms. The van der Waals surface area contributed by atoms with Gasteiger partial charge in [-0.1, -0.05) is 6.07 Å². The highest BCUT2D eigenvalue weighted by molar-refractivity contribution is 6.00. The third-order valence-electron chi connectivity index (χ3n) is 3.19. The van der Waals surface area contributed by atoms with Gasteiger partial charge in [-0.25, -0.2) is 9.78 Å². The lowest BCUT2D eigenvalue weighted by Crippen LogP contribution is -2.16. The topological polar surface area (TPSA) is 86.7 Å². The zero-order valence-electron chi connectivity index (χ0n) is 11.4. The van der Waals surface area contributed by atoms with Crippen LogP contribution in [0.25, 0.3) is 16.6 Å². The molecule has 2 aromatic heterocycles. The average molecular weight is 283 g/mol. The van der Waals surface area contributed by atoms with Crippen molar-refractivity contribution in [1.82, 2.24) is 9.38 Å². The summed E-state index contributed by atoms with van der Waals surface area (Å²) in [6.45, 7) is 1.97. The van der Waals surface area contributed by atoms with Crippen molar-refractivity contribution >= 4 is 28.2 Å². The third-order valence-corrected chi connectivity index (χ3v) is 3.19. The summed E-state index contributed by atoms with van der Waals surface area (Å²) < 4.78 is 6.38. The molecule has 0 amide bonds. The fourth-order valence-electron chi connectivity index (χ4n) is 2.20. The van der Waals surface area contributed by atoms with Crippen molar-refractivity contribution in [2.24, 2.45) is 0 Å². The molecule has 0 saturated carbocycles. The second-order valence-electron chi connectivity index (χ2n) is 4.52. The molecule has 0 aliphatic rings. The zero-order chi connectivity index (χ0) is 15.0. The van der Waals surface area contributed by atoms with Crippen LogP contribution in [0.3, 0.4) is 0 Å². The van der Waals surface area contributed by atoms with Gasteiger partial charge in [0.05, 0.1) is 23.1 Å². The molecule has 0 atom stereocenters. The molecule has 0 aliphatic carbocycles. The van der Waals surface area contributed by atoms with E-state index < -0.39 is 5.97 Å². The highest BCUT2D eigenvalue weighted by Gasteiger charge is 2.15. The largest absolute Gasteiger partial charge is 0.462 e. The van der Waals surface area contributed by atoms with E-state index in [2.05, 4.69) is 4.98 Å². The first-order chi connectivity index (χ1) is 10.1. The number of pyridine rings is 1. The first kappa shape index (κ1) is 13.1. The summed E-state index contributed by atoms with van der Waals surface area (Å²) in [6, 6.07) is 8.23. The van der Waals surface area contributed by atoms with Crippen LogP contribution in [0.4, 0.5) is 5.69 Å². The summed E-state index contributed by atoms with van der Waals surface area (Å²) in [6.07, 6.45) is 1.64. The van der Waals surface area contributed by atoms with Crippen molar-refractivity contribution in [1.29, 1.82) is 0 Å². The summed E-state index contributed by atoms with van der Waals surface area (Å²) in [5.74, 6) is -0.521. The van der Waals surface area contributed by atoms with Gasteiger partial charge in [0.1, 0.15) is 5.65 Å². The number of rotatable bonds is 2. The summed E-state index contributed by atoms with van der Waals surface area (Å²) in [4.78, 5) is 28.6. The zero-order valence-corrected chi connectivity index (χ0v) is 11.4. The SMILES string of the molecule is CCOC(=O)c1cc2nc3ccccn3c(=O)c2cc1N. The Balaban J connectivity index is 2.34. The minimum atomic E-state index is -0.521. The lowest BCUT2D eigenvalue weighted by molar-refractivity contribution is 0.0528. The van der Waals surface area contributed by atoms with Crippen molar-refractivity contribution in [3.63, 3.8) is 0 Å². The van der Waals surface area contributed by atoms with E-state index in [1.165, 1.54) is 16.5 Å². The molecule has 3 aromatic rings. The van der Waals surface area contributed by atoms with E-state index in [4.69, 9.17) is 10.5 Å². The van der Waals surface area contributed by atoms with Crippen molar-refractivity contribution in [2.75, 3.05) is 12.3 Å². The smallest absolute Gasteiger partial charge is 0.340 e. The van der Waals surface area contributed by atoms with Gasteiger partial charge in [-0.3, -0.25) is 9.20 Å². The monoisotopic (exact) mass is 283 g/mol. The van der Waals surface area contributed by atoms with Crippen molar-refractivity contribution in [3.8, 4) is 0 Å². The molecular weight excluding hydrogens is 270 g/mol. The van der Waals surface area contributed by atoms with Gasteiger partial charge >= 0.3 is 5.97 Å². The molecule has 0 radical (unpaired) electrons. The Hall–Kier alpha value is -2.89. The Morgan fingerprint density at radius 2 is 2.19 bits per heavy atom. The van der Waals surface area contributed by atoms with Gasteiger partial charge in [-0.2, -0.15) is 0 Å². The average Bonchev–Trinajstić information content (AvgIpc) is 2.48. The maximum absolute atomic E-state index is 12.4. The molecule has 3 rings (SSSR count). The number of carbonyl (C=O) groups excluding carboxylic acids is 1. The van der Waals surface area contributed by atoms with Crippen LogP contribution in [-0.2, 0) is 4.74 Å². The molecule has 2 N–H and O–H groups in total. The number of nitrogen functional groups attached to an aromatic ring is 1. The minimum Gasteiger partial charge on any atom is -0.462 e. The maximum atomic E-state index is 12.4. The molecule has 106 valence electrons. The van der Waals surface area contributed by atoms with Crippen LogP contribution in [-0.4, -0.2) is 22.0 Å². The molecule has 2 heterocycles. The number of aromatic nitrogens is 2. The van der Waals surface area contributed by atoms with E-state index >= 15 is 0 Å². The number of hydrogen-bond acceptors (Lipinski definition) is 5. The number of benzene rings is 1. The summed E-state index contributed by atoms with van der Waals surface area (Å²) >= 11 is 0. The standard InChI is InChI=1S/C15H13N3O3/c1-2-21-15(20)9-8-12-10(7-11(9)16)14(19)18-6-4-3-5-13(18)17-12/h3-8H,2,16H2,1H3. The van der Waals surface area contributed by atoms with Crippen molar-refractivity contribution in [3.05, 3.63) is 52.4 Å². The summed E-state index contributed by atoms with van der Waals surface area (Å²) in [7, 11) is 0. The van der Waals surface area contributed by atoms with Crippen LogP contribution in [0, 0.1) is 0 Å². The first-order valence-electron chi connectivity index (χ1n) is 6.49. The van der Waals surface area contributed by atoms with Gasteiger partial charge in [0.2, 0.25) is 0 Å². The van der Waals surface area contributed by atoms with Crippen LogP contribution >= 0.6 is 0 Å². The van der Waals surface area contributed by atoms with Gasteiger partial charge < -0.3 is 10.5 Å². The Morgan fingerprint density at radius 1 is 1.38 bits per heavy atom. The molecule has 6 nitrogen and oxygen atoms in total. The number of ether oxygens (including phenoxy) is 1. The number of hydrogen-bond donors (Lipinski definition) is 1. The molecule has 0 spiro atoms. The van der Waals surface area contributed by atoms with E-state index in [9.17, 15) is 9.59 Å². The maximum Gasteiger partial charge on any atom is 0.340 e. The number of anilines is 1. The lowest BCUT2D eigenvalue weighted by atomic mass is 10.1. The van der Waals surface area contributed by atoms with Crippen molar-refractivity contribution < 1.29 is 9.53 Å². The van der Waals surface area contributed by atoms with Crippen LogP contribution in [0.1, 0.15) is 17.3 Å². The van der Waals surface area contributed by atoms with E-state index in [1.54, 1.807) is 31.3 Å². The third kappa shape index (κ3) is 2.10. The van der Waals surface area contributed by atoms with Gasteiger partial charge in [-0.15, -0.1) is 0 Å². The van der Waals surface area contributed by atoms with Gasteiger partial charge in [0, 0.05) is 11.9 Å². The number of fused-ring (bicyclic) bond motifs is 2. The van der Waals surface area contributed by atoms with E-state index in [1.807, 2.05) is 0 Å². The number of carbonyl (C=O) groups is 1. The molecule has 0 fully saturated rings. The Kier molecular flexibility index (Phi) is 3.06. The predicted molar refractivity (Wildman–Crippen MR) is 79.3 cm³/mol. The van der Waals surface area contributed by atoms with E-state index in [0.717, 1.165) is 0 Å². The first-order valence-corrected chi connectivity index (χ1v) is 6.49. The van der Waals surface area contributed by atoms with Crippen LogP contribution in [0.5, 0.6) is 0 Å². The summed E-state index contributed by atoms with van der Waals surface area (Å²) in [5.41, 5.74) is 6.98. The predicted octanol–water partition coefficient (Wildman–Crippen LogP) is 1.61. The van der Waals surface area contributed by atoms with Crippen LogP contribution < -0.4 is 11.3 Å². The lowest BCUT2D eigenvalue weighted by Gasteiger charge is -2.08. The Labute approximate surface area is 119 Å². The van der Waals surface area contributed by atoms with Crippen molar-refractivity contribution in [2.45, 2.75) is 6.92 Å². The molecule has 1 aromatic carbocycles. The molecular formula is C15H13N3O3. The molecule has 0 unspecified atom stereocenters. The van der Waals surface area contributed by atoms with Gasteiger partial charge in [0.15, 0.2) is 0 Å². The molecule has 0 saturated heterocycles. The quantitative estimate of drug-likeness (QED) is 0.438. The highest BCUT2D eigenvalue weighted by atomic mass is 16.5. The fourth-order valence-corrected chi connectivity index (χ4v) is 2.20.